The lowest BCUT2D eigenvalue weighted by Gasteiger charge is -2.45. The Balaban J connectivity index is 1.84. The first-order valence-corrected chi connectivity index (χ1v) is 12.0. The molecule has 1 amide bonds. The molecule has 7 nitrogen and oxygen atoms in total. The van der Waals surface area contributed by atoms with Gasteiger partial charge < -0.3 is 14.7 Å². The second kappa shape index (κ2) is 9.32. The van der Waals surface area contributed by atoms with E-state index < -0.39 is 23.1 Å². The molecule has 3 aromatic rings. The fourth-order valence-corrected chi connectivity index (χ4v) is 5.05. The Morgan fingerprint density at radius 2 is 1.86 bits per heavy atom. The molecule has 0 aliphatic carbocycles. The molecular weight excluding hydrogens is 489 g/mol. The van der Waals surface area contributed by atoms with Gasteiger partial charge in [0.25, 0.3) is 5.91 Å². The second-order valence-corrected chi connectivity index (χ2v) is 9.17. The Morgan fingerprint density at radius 1 is 1.09 bits per heavy atom. The molecule has 0 unspecified atom stereocenters. The quantitative estimate of drug-likeness (QED) is 0.503. The van der Waals surface area contributed by atoms with Crippen LogP contribution in [0.25, 0.3) is 0 Å². The first-order valence-electron chi connectivity index (χ1n) is 11.3. The van der Waals surface area contributed by atoms with Crippen LogP contribution in [0.5, 0.6) is 11.5 Å². The molecule has 2 aliphatic heterocycles. The smallest absolute Gasteiger partial charge is 0.278 e. The SMILES string of the molecule is CC[C@H]1/C=C/COc2c(ccc(Cl)c2Cl)[C@H](c2ccccc2)N2CN1C(=O)c1c(O)c(=O)ccn12. The van der Waals surface area contributed by atoms with Crippen LogP contribution in [-0.4, -0.2) is 39.9 Å². The highest BCUT2D eigenvalue weighted by atomic mass is 35.5. The van der Waals surface area contributed by atoms with Crippen LogP contribution in [0.1, 0.15) is 41.0 Å². The number of hydrogen-bond donors (Lipinski definition) is 1. The van der Waals surface area contributed by atoms with E-state index in [1.54, 1.807) is 15.6 Å². The molecule has 0 saturated heterocycles. The van der Waals surface area contributed by atoms with Crippen molar-refractivity contribution in [2.75, 3.05) is 18.3 Å². The average Bonchev–Trinajstić information content (AvgIpc) is 2.89. The third kappa shape index (κ3) is 3.94. The lowest BCUT2D eigenvalue weighted by Crippen LogP contribution is -2.57. The summed E-state index contributed by atoms with van der Waals surface area (Å²) in [4.78, 5) is 27.6. The number of aromatic nitrogens is 1. The minimum atomic E-state index is -0.617. The van der Waals surface area contributed by atoms with Gasteiger partial charge in [-0.05, 0) is 24.1 Å². The summed E-state index contributed by atoms with van der Waals surface area (Å²) in [5.41, 5.74) is 0.925. The van der Waals surface area contributed by atoms with Crippen LogP contribution in [-0.2, 0) is 0 Å². The molecule has 2 aliphatic rings. The van der Waals surface area contributed by atoms with Gasteiger partial charge in [-0.15, -0.1) is 0 Å². The maximum Gasteiger partial charge on any atom is 0.278 e. The molecule has 0 saturated carbocycles. The zero-order chi connectivity index (χ0) is 24.7. The fourth-order valence-electron chi connectivity index (χ4n) is 4.68. The zero-order valence-corrected chi connectivity index (χ0v) is 20.4. The summed E-state index contributed by atoms with van der Waals surface area (Å²) in [6, 6.07) is 13.7. The summed E-state index contributed by atoms with van der Waals surface area (Å²) in [7, 11) is 0. The summed E-state index contributed by atoms with van der Waals surface area (Å²) >= 11 is 13.0. The van der Waals surface area contributed by atoms with Gasteiger partial charge in [-0.2, -0.15) is 0 Å². The van der Waals surface area contributed by atoms with E-state index in [0.29, 0.717) is 17.2 Å². The summed E-state index contributed by atoms with van der Waals surface area (Å²) in [5.74, 6) is -0.574. The van der Waals surface area contributed by atoms with E-state index in [2.05, 4.69) is 0 Å². The van der Waals surface area contributed by atoms with Gasteiger partial charge in [0.2, 0.25) is 5.43 Å². The molecule has 3 heterocycles. The van der Waals surface area contributed by atoms with Crippen molar-refractivity contribution in [2.24, 2.45) is 0 Å². The third-order valence-electron chi connectivity index (χ3n) is 6.38. The Labute approximate surface area is 212 Å². The predicted molar refractivity (Wildman–Crippen MR) is 135 cm³/mol. The number of hydrogen-bond acceptors (Lipinski definition) is 5. The molecule has 5 rings (SSSR count). The van der Waals surface area contributed by atoms with Crippen LogP contribution in [0.4, 0.5) is 0 Å². The van der Waals surface area contributed by atoms with Crippen LogP contribution < -0.4 is 15.2 Å². The van der Waals surface area contributed by atoms with Crippen molar-refractivity contribution in [1.82, 2.24) is 9.58 Å². The van der Waals surface area contributed by atoms with Crippen LogP contribution in [0.15, 0.2) is 71.7 Å². The number of nitrogens with zero attached hydrogens (tertiary/aromatic N) is 3. The molecule has 0 spiro atoms. The third-order valence-corrected chi connectivity index (χ3v) is 7.17. The number of amides is 1. The molecule has 1 aromatic heterocycles. The van der Waals surface area contributed by atoms with E-state index in [1.165, 1.54) is 12.3 Å². The molecule has 1 N–H and O–H groups in total. The van der Waals surface area contributed by atoms with Crippen molar-refractivity contribution >= 4 is 29.1 Å². The van der Waals surface area contributed by atoms with Gasteiger partial charge in [-0.25, -0.2) is 0 Å². The molecule has 180 valence electrons. The lowest BCUT2D eigenvalue weighted by atomic mass is 9.96. The number of benzene rings is 2. The van der Waals surface area contributed by atoms with Crippen LogP contribution in [0.2, 0.25) is 10.0 Å². The van der Waals surface area contributed by atoms with E-state index in [9.17, 15) is 14.7 Å². The monoisotopic (exact) mass is 511 g/mol. The summed E-state index contributed by atoms with van der Waals surface area (Å²) in [6.07, 6.45) is 5.87. The first-order chi connectivity index (χ1) is 16.9. The molecule has 2 aromatic carbocycles. The first kappa shape index (κ1) is 23.3. The molecule has 35 heavy (non-hydrogen) atoms. The van der Waals surface area contributed by atoms with Gasteiger partial charge >= 0.3 is 0 Å². The van der Waals surface area contributed by atoms with Crippen molar-refractivity contribution in [2.45, 2.75) is 25.4 Å². The molecule has 2 bridgehead atoms. The molecule has 9 heteroatoms. The standard InChI is InChI=1S/C26H23Cl2N3O4/c1-2-17-9-6-14-35-25-18(10-11-19(27)21(25)28)22(16-7-4-3-5-8-16)31-15-29(17)26(34)23-24(33)20(32)12-13-30(23)31/h3-13,17,22,33H,2,14-15H2,1H3/b9-6+/t17-,22-/m0/s1. The second-order valence-electron chi connectivity index (χ2n) is 8.39. The maximum atomic E-state index is 13.6. The van der Waals surface area contributed by atoms with Crippen LogP contribution in [0.3, 0.4) is 0 Å². The van der Waals surface area contributed by atoms with E-state index in [4.69, 9.17) is 27.9 Å². The van der Waals surface area contributed by atoms with Gasteiger partial charge in [0.1, 0.15) is 30.1 Å². The molecular formula is C26H23Cl2N3O4. The van der Waals surface area contributed by atoms with Gasteiger partial charge in [0.15, 0.2) is 11.4 Å². The maximum absolute atomic E-state index is 13.6. The Kier molecular flexibility index (Phi) is 6.21. The van der Waals surface area contributed by atoms with Crippen LogP contribution >= 0.6 is 23.2 Å². The highest BCUT2D eigenvalue weighted by Crippen LogP contribution is 2.43. The number of aromatic hydroxyl groups is 1. The van der Waals surface area contributed by atoms with Gasteiger partial charge in [-0.1, -0.05) is 72.6 Å². The fraction of sp³-hybridized carbons (Fsp3) is 0.231. The minimum Gasteiger partial charge on any atom is -0.502 e. The van der Waals surface area contributed by atoms with E-state index in [1.807, 2.05) is 60.5 Å². The summed E-state index contributed by atoms with van der Waals surface area (Å²) in [5, 5.41) is 13.3. The Hall–Kier alpha value is -3.42. The number of ether oxygens (including phenoxy) is 1. The lowest BCUT2D eigenvalue weighted by molar-refractivity contribution is 0.0626. The number of halogens is 2. The molecule has 0 fully saturated rings. The Morgan fingerprint density at radius 3 is 2.60 bits per heavy atom. The van der Waals surface area contributed by atoms with Crippen molar-refractivity contribution in [3.8, 4) is 11.5 Å². The number of carbonyl (C=O) groups is 1. The minimum absolute atomic E-state index is 0.0849. The van der Waals surface area contributed by atoms with E-state index >= 15 is 0 Å². The summed E-state index contributed by atoms with van der Waals surface area (Å²) in [6.45, 7) is 2.39. The highest BCUT2D eigenvalue weighted by Gasteiger charge is 2.39. The number of carbonyl (C=O) groups excluding carboxylic acids is 1. The molecule has 0 radical (unpaired) electrons. The van der Waals surface area contributed by atoms with E-state index in [-0.39, 0.29) is 30.0 Å². The van der Waals surface area contributed by atoms with Gasteiger partial charge in [0.05, 0.1) is 11.1 Å². The normalized spacial score (nSPS) is 20.4. The van der Waals surface area contributed by atoms with Crippen molar-refractivity contribution in [3.05, 3.63) is 104 Å². The topological polar surface area (TPSA) is 75.0 Å². The van der Waals surface area contributed by atoms with Gasteiger partial charge in [0, 0.05) is 17.8 Å². The largest absolute Gasteiger partial charge is 0.502 e. The summed E-state index contributed by atoms with van der Waals surface area (Å²) < 4.78 is 7.69. The number of rotatable bonds is 2. The van der Waals surface area contributed by atoms with Gasteiger partial charge in [-0.3, -0.25) is 19.3 Å². The van der Waals surface area contributed by atoms with E-state index in [0.717, 1.165) is 11.1 Å². The Bertz CT molecular complexity index is 1370. The number of pyridine rings is 1. The average molecular weight is 512 g/mol. The molecule has 2 atom stereocenters. The predicted octanol–water partition coefficient (Wildman–Crippen LogP) is 4.73. The number of fused-ring (bicyclic) bond motifs is 5. The van der Waals surface area contributed by atoms with Crippen molar-refractivity contribution in [3.63, 3.8) is 0 Å². The van der Waals surface area contributed by atoms with Crippen molar-refractivity contribution in [1.29, 1.82) is 0 Å². The zero-order valence-electron chi connectivity index (χ0n) is 18.9. The van der Waals surface area contributed by atoms with Crippen molar-refractivity contribution < 1.29 is 14.6 Å². The highest BCUT2D eigenvalue weighted by molar-refractivity contribution is 6.43. The van der Waals surface area contributed by atoms with Crippen LogP contribution in [0, 0.1) is 0 Å².